The standard InChI is InChI=1S/C12H10BrN3O/c1-16-6-9(13)7-3-2-4-8(12(7)16)10-5-11(14)17-15-10/h2-6H,14H2,1H3. The third-order valence-corrected chi connectivity index (χ3v) is 3.39. The highest BCUT2D eigenvalue weighted by atomic mass is 79.9. The summed E-state index contributed by atoms with van der Waals surface area (Å²) in [6, 6.07) is 7.79. The lowest BCUT2D eigenvalue weighted by molar-refractivity contribution is 0.439. The first-order valence-electron chi connectivity index (χ1n) is 5.13. The maximum Gasteiger partial charge on any atom is 0.222 e. The van der Waals surface area contributed by atoms with Gasteiger partial charge in [-0.3, -0.25) is 0 Å². The molecule has 3 aromatic rings. The Labute approximate surface area is 106 Å². The highest BCUT2D eigenvalue weighted by Gasteiger charge is 2.12. The number of halogens is 1. The molecule has 86 valence electrons. The minimum atomic E-state index is 0.324. The van der Waals surface area contributed by atoms with Gasteiger partial charge in [0.2, 0.25) is 5.88 Å². The predicted octanol–water partition coefficient (Wildman–Crippen LogP) is 3.18. The largest absolute Gasteiger partial charge is 0.368 e. The molecule has 4 nitrogen and oxygen atoms in total. The lowest BCUT2D eigenvalue weighted by Crippen LogP contribution is -1.88. The lowest BCUT2D eigenvalue weighted by atomic mass is 10.1. The fourth-order valence-corrected chi connectivity index (χ4v) is 2.67. The van der Waals surface area contributed by atoms with Crippen LogP contribution in [0.25, 0.3) is 22.2 Å². The van der Waals surface area contributed by atoms with E-state index in [0.717, 1.165) is 26.6 Å². The van der Waals surface area contributed by atoms with Crippen molar-refractivity contribution in [2.24, 2.45) is 7.05 Å². The van der Waals surface area contributed by atoms with Crippen LogP contribution in [-0.2, 0) is 7.05 Å². The van der Waals surface area contributed by atoms with Gasteiger partial charge >= 0.3 is 0 Å². The van der Waals surface area contributed by atoms with Gasteiger partial charge in [0.25, 0.3) is 0 Å². The van der Waals surface area contributed by atoms with Gasteiger partial charge < -0.3 is 14.8 Å². The molecule has 0 aliphatic carbocycles. The molecule has 0 bridgehead atoms. The Balaban J connectivity index is 2.37. The van der Waals surface area contributed by atoms with E-state index < -0.39 is 0 Å². The van der Waals surface area contributed by atoms with Crippen LogP contribution in [0.3, 0.4) is 0 Å². The molecule has 3 rings (SSSR count). The summed E-state index contributed by atoms with van der Waals surface area (Å²) in [5.41, 5.74) is 8.42. The third-order valence-electron chi connectivity index (χ3n) is 2.76. The third kappa shape index (κ3) is 1.54. The van der Waals surface area contributed by atoms with Gasteiger partial charge in [0, 0.05) is 34.7 Å². The number of hydrogen-bond acceptors (Lipinski definition) is 3. The van der Waals surface area contributed by atoms with E-state index >= 15 is 0 Å². The summed E-state index contributed by atoms with van der Waals surface area (Å²) in [5, 5.41) is 5.10. The molecule has 1 aromatic carbocycles. The molecule has 0 radical (unpaired) electrons. The summed E-state index contributed by atoms with van der Waals surface area (Å²) >= 11 is 3.54. The second kappa shape index (κ2) is 3.63. The monoisotopic (exact) mass is 291 g/mol. The molecule has 0 unspecified atom stereocenters. The van der Waals surface area contributed by atoms with Crippen LogP contribution in [0.15, 0.2) is 39.5 Å². The minimum Gasteiger partial charge on any atom is -0.368 e. The number of nitrogens with zero attached hydrogens (tertiary/aromatic N) is 2. The number of nitrogens with two attached hydrogens (primary N) is 1. The highest BCUT2D eigenvalue weighted by molar-refractivity contribution is 9.10. The number of hydrogen-bond donors (Lipinski definition) is 1. The fourth-order valence-electron chi connectivity index (χ4n) is 2.04. The smallest absolute Gasteiger partial charge is 0.222 e. The predicted molar refractivity (Wildman–Crippen MR) is 70.5 cm³/mol. The maximum atomic E-state index is 5.56. The average molecular weight is 292 g/mol. The first-order valence-corrected chi connectivity index (χ1v) is 5.92. The van der Waals surface area contributed by atoms with Crippen molar-refractivity contribution < 1.29 is 4.52 Å². The SMILES string of the molecule is Cn1cc(Br)c2cccc(-c3cc(N)on3)c21. The van der Waals surface area contributed by atoms with Gasteiger partial charge in [-0.05, 0) is 15.9 Å². The molecule has 0 aliphatic heterocycles. The Hall–Kier alpha value is -1.75. The van der Waals surface area contributed by atoms with Crippen LogP contribution in [0, 0.1) is 0 Å². The Morgan fingerprint density at radius 3 is 2.94 bits per heavy atom. The van der Waals surface area contributed by atoms with Gasteiger partial charge in [-0.15, -0.1) is 0 Å². The highest BCUT2D eigenvalue weighted by Crippen LogP contribution is 2.33. The van der Waals surface area contributed by atoms with E-state index in [-0.39, 0.29) is 0 Å². The number of aryl methyl sites for hydroxylation is 1. The van der Waals surface area contributed by atoms with Crippen LogP contribution in [-0.4, -0.2) is 9.72 Å². The molecule has 0 fully saturated rings. The van der Waals surface area contributed by atoms with E-state index in [0.29, 0.717) is 5.88 Å². The molecule has 5 heteroatoms. The Morgan fingerprint density at radius 2 is 2.24 bits per heavy atom. The molecule has 0 atom stereocenters. The van der Waals surface area contributed by atoms with E-state index in [1.54, 1.807) is 6.07 Å². The number of rotatable bonds is 1. The van der Waals surface area contributed by atoms with E-state index in [2.05, 4.69) is 31.7 Å². The van der Waals surface area contributed by atoms with Crippen LogP contribution >= 0.6 is 15.9 Å². The normalized spacial score (nSPS) is 11.2. The summed E-state index contributed by atoms with van der Waals surface area (Å²) in [4.78, 5) is 0. The lowest BCUT2D eigenvalue weighted by Gasteiger charge is -2.02. The molecule has 2 heterocycles. The number of para-hydroxylation sites is 1. The first kappa shape index (κ1) is 10.4. The van der Waals surface area contributed by atoms with Crippen molar-refractivity contribution in [2.45, 2.75) is 0 Å². The van der Waals surface area contributed by atoms with Crippen LogP contribution in [0.2, 0.25) is 0 Å². The van der Waals surface area contributed by atoms with Gasteiger partial charge in [-0.25, -0.2) is 0 Å². The molecule has 0 saturated heterocycles. The summed E-state index contributed by atoms with van der Waals surface area (Å²) in [6.07, 6.45) is 2.03. The molecule has 2 N–H and O–H groups in total. The van der Waals surface area contributed by atoms with E-state index in [9.17, 15) is 0 Å². The minimum absolute atomic E-state index is 0.324. The maximum absolute atomic E-state index is 5.56. The van der Waals surface area contributed by atoms with Gasteiger partial charge in [0.05, 0.1) is 5.52 Å². The number of anilines is 1. The van der Waals surface area contributed by atoms with Crippen LogP contribution in [0.1, 0.15) is 0 Å². The van der Waals surface area contributed by atoms with E-state index in [4.69, 9.17) is 10.3 Å². The zero-order chi connectivity index (χ0) is 12.0. The van der Waals surface area contributed by atoms with E-state index in [1.165, 1.54) is 0 Å². The van der Waals surface area contributed by atoms with E-state index in [1.807, 2.05) is 25.4 Å². The number of aromatic nitrogens is 2. The molecule has 0 amide bonds. The second-order valence-electron chi connectivity index (χ2n) is 3.90. The number of fused-ring (bicyclic) bond motifs is 1. The van der Waals surface area contributed by atoms with Crippen molar-refractivity contribution in [3.63, 3.8) is 0 Å². The van der Waals surface area contributed by atoms with Crippen molar-refractivity contribution in [2.75, 3.05) is 5.73 Å². The Kier molecular flexibility index (Phi) is 2.22. The summed E-state index contributed by atoms with van der Waals surface area (Å²) < 4.78 is 8.04. The van der Waals surface area contributed by atoms with Crippen LogP contribution < -0.4 is 5.73 Å². The van der Waals surface area contributed by atoms with Gasteiger partial charge in [-0.1, -0.05) is 23.4 Å². The summed E-state index contributed by atoms with van der Waals surface area (Å²) in [6.45, 7) is 0. The van der Waals surface area contributed by atoms with Crippen LogP contribution in [0.5, 0.6) is 0 Å². The number of benzene rings is 1. The Bertz CT molecular complexity index is 699. The molecule has 0 aliphatic rings. The van der Waals surface area contributed by atoms with Crippen molar-refractivity contribution in [3.05, 3.63) is 34.9 Å². The van der Waals surface area contributed by atoms with Crippen molar-refractivity contribution in [1.82, 2.24) is 9.72 Å². The quantitative estimate of drug-likeness (QED) is 0.749. The van der Waals surface area contributed by atoms with Gasteiger partial charge in [0.15, 0.2) is 0 Å². The first-order chi connectivity index (χ1) is 8.16. The second-order valence-corrected chi connectivity index (χ2v) is 4.76. The fraction of sp³-hybridized carbons (Fsp3) is 0.0833. The molecule has 0 saturated carbocycles. The zero-order valence-corrected chi connectivity index (χ0v) is 10.7. The topological polar surface area (TPSA) is 57.0 Å². The molecule has 2 aromatic heterocycles. The van der Waals surface area contributed by atoms with Gasteiger partial charge in [0.1, 0.15) is 5.69 Å². The molecule has 17 heavy (non-hydrogen) atoms. The number of nitrogen functional groups attached to an aromatic ring is 1. The van der Waals surface area contributed by atoms with Crippen molar-refractivity contribution >= 4 is 32.7 Å². The Morgan fingerprint density at radius 1 is 1.41 bits per heavy atom. The average Bonchev–Trinajstić information content (AvgIpc) is 2.85. The van der Waals surface area contributed by atoms with Crippen molar-refractivity contribution in [3.8, 4) is 11.3 Å². The zero-order valence-electron chi connectivity index (χ0n) is 9.14. The van der Waals surface area contributed by atoms with Crippen LogP contribution in [0.4, 0.5) is 5.88 Å². The summed E-state index contributed by atoms with van der Waals surface area (Å²) in [5.74, 6) is 0.324. The molecule has 0 spiro atoms. The molecular weight excluding hydrogens is 282 g/mol. The summed E-state index contributed by atoms with van der Waals surface area (Å²) in [7, 11) is 2.00. The molecular formula is C12H10BrN3O. The van der Waals surface area contributed by atoms with Gasteiger partial charge in [-0.2, -0.15) is 0 Å². The van der Waals surface area contributed by atoms with Crippen molar-refractivity contribution in [1.29, 1.82) is 0 Å².